The number of nitrogens with one attached hydrogen (secondary N) is 1. The number of benzene rings is 4. The zero-order valence-electron chi connectivity index (χ0n) is 25.8. The van der Waals surface area contributed by atoms with Gasteiger partial charge in [0.1, 0.15) is 0 Å². The summed E-state index contributed by atoms with van der Waals surface area (Å²) in [7, 11) is 0. The van der Waals surface area contributed by atoms with Crippen LogP contribution in [0.25, 0.3) is 10.8 Å². The molecule has 0 saturated carbocycles. The van der Waals surface area contributed by atoms with E-state index in [1.165, 1.54) is 0 Å². The first-order valence-corrected chi connectivity index (χ1v) is 16.0. The Morgan fingerprint density at radius 2 is 1.76 bits per heavy atom. The van der Waals surface area contributed by atoms with Crippen LogP contribution in [-0.4, -0.2) is 38.9 Å². The Morgan fingerprint density at radius 1 is 1.00 bits per heavy atom. The van der Waals surface area contributed by atoms with Gasteiger partial charge in [-0.25, -0.2) is 4.98 Å². The van der Waals surface area contributed by atoms with Crippen molar-refractivity contribution in [2.24, 2.45) is 5.92 Å². The molecule has 2 amide bonds. The van der Waals surface area contributed by atoms with Crippen molar-refractivity contribution >= 4 is 45.8 Å². The zero-order chi connectivity index (χ0) is 32.6. The van der Waals surface area contributed by atoms with Gasteiger partial charge in [-0.15, -0.1) is 0 Å². The number of hydrogen-bond donors (Lipinski definition) is 1. The Balaban J connectivity index is 1.38. The van der Waals surface area contributed by atoms with E-state index in [-0.39, 0.29) is 30.2 Å². The fourth-order valence-corrected chi connectivity index (χ4v) is 5.80. The predicted octanol–water partition coefficient (Wildman–Crippen LogP) is 7.68. The average Bonchev–Trinajstić information content (AvgIpc) is 3.50. The molecule has 0 aliphatic rings. The van der Waals surface area contributed by atoms with Gasteiger partial charge in [-0.05, 0) is 58.1 Å². The first kappa shape index (κ1) is 32.7. The molecule has 0 aliphatic carbocycles. The minimum atomic E-state index is -0.311. The molecule has 0 unspecified atom stereocenters. The summed E-state index contributed by atoms with van der Waals surface area (Å²) in [4.78, 5) is 33.7. The molecule has 0 spiro atoms. The summed E-state index contributed by atoms with van der Waals surface area (Å²) in [6, 6.07) is 28.2. The fraction of sp³-hybridized carbons (Fsp3) is 0.243. The summed E-state index contributed by atoms with van der Waals surface area (Å²) < 4.78 is 1.93. The molecular weight excluding hydrogens is 617 g/mol. The maximum absolute atomic E-state index is 14.1. The highest BCUT2D eigenvalue weighted by Gasteiger charge is 2.26. The third-order valence-electron chi connectivity index (χ3n) is 8.37. The van der Waals surface area contributed by atoms with Crippen molar-refractivity contribution < 1.29 is 9.59 Å². The number of rotatable bonds is 12. The highest BCUT2D eigenvalue weighted by molar-refractivity contribution is 6.42. The third kappa shape index (κ3) is 7.95. The number of halogens is 2. The molecular formula is C37H35Cl2N5O2. The van der Waals surface area contributed by atoms with Gasteiger partial charge >= 0.3 is 0 Å². The molecule has 0 fully saturated rings. The van der Waals surface area contributed by atoms with E-state index < -0.39 is 0 Å². The van der Waals surface area contributed by atoms with E-state index in [1.54, 1.807) is 47.8 Å². The smallest absolute Gasteiger partial charge is 0.254 e. The highest BCUT2D eigenvalue weighted by atomic mass is 35.5. The maximum atomic E-state index is 14.1. The van der Waals surface area contributed by atoms with E-state index in [9.17, 15) is 9.59 Å². The van der Waals surface area contributed by atoms with Gasteiger partial charge in [0.2, 0.25) is 5.91 Å². The predicted molar refractivity (Wildman–Crippen MR) is 183 cm³/mol. The summed E-state index contributed by atoms with van der Waals surface area (Å²) in [5.74, 6) is -0.266. The molecule has 0 aliphatic heterocycles. The number of nitrogens with zero attached hydrogens (tertiary/aromatic N) is 4. The lowest BCUT2D eigenvalue weighted by molar-refractivity contribution is -0.121. The number of carbonyl (C=O) groups is 2. The van der Waals surface area contributed by atoms with Gasteiger partial charge in [0.15, 0.2) is 0 Å². The van der Waals surface area contributed by atoms with Crippen molar-refractivity contribution in [3.63, 3.8) is 0 Å². The molecule has 5 rings (SSSR count). The Bertz CT molecular complexity index is 1870. The largest absolute Gasteiger partial charge is 0.351 e. The molecule has 2 atom stereocenters. The number of amides is 2. The van der Waals surface area contributed by atoms with E-state index in [0.29, 0.717) is 40.8 Å². The molecule has 0 saturated heterocycles. The summed E-state index contributed by atoms with van der Waals surface area (Å²) in [5, 5.41) is 15.2. The number of aromatic nitrogens is 2. The van der Waals surface area contributed by atoms with Gasteiger partial charge in [0.05, 0.1) is 34.4 Å². The molecule has 46 heavy (non-hydrogen) atoms. The molecule has 1 aromatic heterocycles. The van der Waals surface area contributed by atoms with Gasteiger partial charge < -0.3 is 14.8 Å². The highest BCUT2D eigenvalue weighted by Crippen LogP contribution is 2.26. The van der Waals surface area contributed by atoms with Crippen LogP contribution < -0.4 is 5.32 Å². The van der Waals surface area contributed by atoms with Crippen molar-refractivity contribution in [2.75, 3.05) is 6.54 Å². The van der Waals surface area contributed by atoms with E-state index in [2.05, 4.69) is 48.4 Å². The van der Waals surface area contributed by atoms with E-state index in [1.807, 2.05) is 41.0 Å². The Kier molecular flexibility index (Phi) is 10.7. The lowest BCUT2D eigenvalue weighted by Gasteiger charge is -2.32. The quantitative estimate of drug-likeness (QED) is 0.150. The second-order valence-corrected chi connectivity index (χ2v) is 12.3. The normalized spacial score (nSPS) is 12.3. The standard InChI is InChI=1S/C37H35Cl2N5O2/c1-3-25(2)35(42-36(45)18-31-20-41-24-44(31)21-27-13-11-26(19-40)12-14-27)23-43(37(46)29-15-16-33(38)34(39)17-29)22-30-9-6-8-28-7-4-5-10-32(28)30/h4-17,20,24-25,35H,3,18,21-23H2,1-2H3,(H,42,45)/t25-,35+/m0/s1. The number of imidazole rings is 1. The average molecular weight is 653 g/mol. The summed E-state index contributed by atoms with van der Waals surface area (Å²) >= 11 is 12.5. The van der Waals surface area contributed by atoms with Gasteiger partial charge in [-0.1, -0.05) is 98.1 Å². The van der Waals surface area contributed by atoms with E-state index in [4.69, 9.17) is 28.5 Å². The molecule has 7 nitrogen and oxygen atoms in total. The monoisotopic (exact) mass is 651 g/mol. The van der Waals surface area contributed by atoms with Crippen LogP contribution >= 0.6 is 23.2 Å². The van der Waals surface area contributed by atoms with Crippen molar-refractivity contribution in [2.45, 2.75) is 45.8 Å². The molecule has 1 heterocycles. The molecule has 5 aromatic rings. The molecule has 234 valence electrons. The van der Waals surface area contributed by atoms with Crippen LogP contribution in [0.2, 0.25) is 10.0 Å². The topological polar surface area (TPSA) is 91.0 Å². The van der Waals surface area contributed by atoms with Crippen molar-refractivity contribution in [3.8, 4) is 6.07 Å². The Morgan fingerprint density at radius 3 is 2.50 bits per heavy atom. The van der Waals surface area contributed by atoms with Crippen molar-refractivity contribution in [1.29, 1.82) is 5.26 Å². The third-order valence-corrected chi connectivity index (χ3v) is 9.10. The van der Waals surface area contributed by atoms with Crippen LogP contribution in [0.15, 0.2) is 97.5 Å². The second-order valence-electron chi connectivity index (χ2n) is 11.5. The number of fused-ring (bicyclic) bond motifs is 1. The van der Waals surface area contributed by atoms with E-state index >= 15 is 0 Å². The number of carbonyl (C=O) groups excluding carboxylic acids is 2. The second kappa shape index (κ2) is 15.1. The van der Waals surface area contributed by atoms with Crippen LogP contribution in [0.3, 0.4) is 0 Å². The SMILES string of the molecule is CC[C@H](C)[C@@H](CN(Cc1cccc2ccccc12)C(=O)c1ccc(Cl)c(Cl)c1)NC(=O)Cc1cncn1Cc1ccc(C#N)cc1. The minimum Gasteiger partial charge on any atom is -0.351 e. The molecule has 1 N–H and O–H groups in total. The Hall–Kier alpha value is -4.64. The van der Waals surface area contributed by atoms with Crippen LogP contribution in [0.1, 0.15) is 53.0 Å². The molecule has 0 radical (unpaired) electrons. The van der Waals surface area contributed by atoms with Crippen LogP contribution in [-0.2, 0) is 24.3 Å². The van der Waals surface area contributed by atoms with Crippen molar-refractivity contribution in [1.82, 2.24) is 19.8 Å². The molecule has 4 aromatic carbocycles. The lowest BCUT2D eigenvalue weighted by atomic mass is 9.97. The Labute approximate surface area is 279 Å². The fourth-order valence-electron chi connectivity index (χ4n) is 5.50. The number of nitriles is 1. The maximum Gasteiger partial charge on any atom is 0.254 e. The van der Waals surface area contributed by atoms with Gasteiger partial charge in [-0.3, -0.25) is 9.59 Å². The van der Waals surface area contributed by atoms with Gasteiger partial charge in [0, 0.05) is 43.1 Å². The summed E-state index contributed by atoms with van der Waals surface area (Å²) in [5.41, 5.74) is 3.80. The molecule has 9 heteroatoms. The van der Waals surface area contributed by atoms with Crippen LogP contribution in [0.5, 0.6) is 0 Å². The van der Waals surface area contributed by atoms with Crippen LogP contribution in [0.4, 0.5) is 0 Å². The minimum absolute atomic E-state index is 0.0872. The summed E-state index contributed by atoms with van der Waals surface area (Å²) in [6.45, 7) is 5.33. The number of hydrogen-bond acceptors (Lipinski definition) is 4. The van der Waals surface area contributed by atoms with Crippen molar-refractivity contribution in [3.05, 3.63) is 135 Å². The van der Waals surface area contributed by atoms with Gasteiger partial charge in [-0.2, -0.15) is 5.26 Å². The first-order valence-electron chi connectivity index (χ1n) is 15.2. The lowest BCUT2D eigenvalue weighted by Crippen LogP contribution is -2.49. The molecule has 0 bridgehead atoms. The summed E-state index contributed by atoms with van der Waals surface area (Å²) in [6.07, 6.45) is 4.34. The van der Waals surface area contributed by atoms with Gasteiger partial charge in [0.25, 0.3) is 5.91 Å². The van der Waals surface area contributed by atoms with Crippen LogP contribution in [0, 0.1) is 17.2 Å². The van der Waals surface area contributed by atoms with E-state index in [0.717, 1.165) is 34.0 Å². The first-order chi connectivity index (χ1) is 22.2. The zero-order valence-corrected chi connectivity index (χ0v) is 27.3.